The van der Waals surface area contributed by atoms with E-state index in [0.717, 1.165) is 36.1 Å². The zero-order valence-corrected chi connectivity index (χ0v) is 20.3. The maximum atomic E-state index is 13.1. The number of hydrogen-bond donors (Lipinski definition) is 0. The van der Waals surface area contributed by atoms with Gasteiger partial charge < -0.3 is 9.47 Å². The second-order valence-electron chi connectivity index (χ2n) is 9.30. The summed E-state index contributed by atoms with van der Waals surface area (Å²) < 4.78 is 10.6. The summed E-state index contributed by atoms with van der Waals surface area (Å²) in [7, 11) is 1.43. The molecule has 33 heavy (non-hydrogen) atoms. The summed E-state index contributed by atoms with van der Waals surface area (Å²) >= 11 is 0. The molecule has 0 aromatic heterocycles. The van der Waals surface area contributed by atoms with Crippen molar-refractivity contribution in [1.29, 1.82) is 0 Å². The van der Waals surface area contributed by atoms with Crippen LogP contribution in [0.5, 0.6) is 0 Å². The number of ether oxygens (including phenoxy) is 2. The highest BCUT2D eigenvalue weighted by Crippen LogP contribution is 2.44. The fourth-order valence-electron chi connectivity index (χ4n) is 5.44. The number of amides is 2. The van der Waals surface area contributed by atoms with Crippen molar-refractivity contribution in [2.24, 2.45) is 0 Å². The number of carbonyl (C=O) groups excluding carboxylic acids is 2. The molecule has 0 bridgehead atoms. The number of benzene rings is 2. The molecular weight excluding hydrogens is 416 g/mol. The first-order valence-corrected chi connectivity index (χ1v) is 11.9. The molecule has 2 aromatic carbocycles. The number of carbonyl (C=O) groups is 2. The molecule has 0 unspecified atom stereocenters. The summed E-state index contributed by atoms with van der Waals surface area (Å²) in [5.41, 5.74) is 7.85. The molecule has 0 radical (unpaired) electrons. The van der Waals surface area contributed by atoms with Gasteiger partial charge in [-0.15, -0.1) is 0 Å². The third kappa shape index (κ3) is 4.56. The molecule has 4 rings (SSSR count). The highest BCUT2D eigenvalue weighted by molar-refractivity contribution is 5.91. The van der Waals surface area contributed by atoms with E-state index in [4.69, 9.17) is 9.47 Å². The van der Waals surface area contributed by atoms with Crippen LogP contribution in [0.3, 0.4) is 0 Å². The minimum absolute atomic E-state index is 0.118. The first kappa shape index (κ1) is 23.1. The molecule has 1 aliphatic carbocycles. The molecule has 0 spiro atoms. The average Bonchev–Trinajstić information content (AvgIpc) is 3.22. The monoisotopic (exact) mass is 450 g/mol. The Labute approximate surface area is 196 Å². The lowest BCUT2D eigenvalue weighted by Gasteiger charge is -2.43. The van der Waals surface area contributed by atoms with Crippen molar-refractivity contribution in [3.05, 3.63) is 63.7 Å². The van der Waals surface area contributed by atoms with Gasteiger partial charge >= 0.3 is 12.2 Å². The summed E-state index contributed by atoms with van der Waals surface area (Å²) in [6.45, 7) is 8.75. The van der Waals surface area contributed by atoms with E-state index in [1.807, 2.05) is 18.7 Å². The summed E-state index contributed by atoms with van der Waals surface area (Å²) in [6, 6.07) is 10.4. The Morgan fingerprint density at radius 1 is 1.06 bits per heavy atom. The van der Waals surface area contributed by atoms with Crippen molar-refractivity contribution in [2.75, 3.05) is 18.6 Å². The number of fused-ring (bicyclic) bond motifs is 2. The number of aryl methyl sites for hydroxylation is 4. The molecule has 2 aliphatic rings. The number of nitrogens with zero attached hydrogens (tertiary/aromatic N) is 2. The van der Waals surface area contributed by atoms with Crippen molar-refractivity contribution < 1.29 is 19.1 Å². The molecule has 0 saturated heterocycles. The van der Waals surface area contributed by atoms with Crippen LogP contribution in [-0.4, -0.2) is 36.8 Å². The molecule has 2 atom stereocenters. The predicted molar refractivity (Wildman–Crippen MR) is 129 cm³/mol. The normalized spacial score (nSPS) is 19.0. The molecule has 0 saturated carbocycles. The Balaban J connectivity index is 1.79. The molecule has 2 aromatic rings. The first-order chi connectivity index (χ1) is 15.8. The highest BCUT2D eigenvalue weighted by atomic mass is 16.6. The molecule has 0 N–H and O–H groups in total. The molecule has 2 amide bonds. The van der Waals surface area contributed by atoms with Crippen LogP contribution in [0.1, 0.15) is 66.1 Å². The predicted octanol–water partition coefficient (Wildman–Crippen LogP) is 5.86. The quantitative estimate of drug-likeness (QED) is 0.586. The van der Waals surface area contributed by atoms with Crippen LogP contribution < -0.4 is 4.90 Å². The fourth-order valence-corrected chi connectivity index (χ4v) is 5.44. The summed E-state index contributed by atoms with van der Waals surface area (Å²) in [5, 5.41) is 0. The Bertz CT molecular complexity index is 1040. The van der Waals surface area contributed by atoms with Crippen LogP contribution >= 0.6 is 0 Å². The lowest BCUT2D eigenvalue weighted by atomic mass is 9.88. The van der Waals surface area contributed by atoms with Crippen molar-refractivity contribution >= 4 is 17.9 Å². The number of rotatable bonds is 4. The maximum Gasteiger partial charge on any atom is 0.414 e. The lowest BCUT2D eigenvalue weighted by Crippen LogP contribution is -2.47. The Hall–Kier alpha value is -3.02. The van der Waals surface area contributed by atoms with Gasteiger partial charge in [0.15, 0.2) is 0 Å². The van der Waals surface area contributed by atoms with Crippen LogP contribution in [0.25, 0.3) is 0 Å². The van der Waals surface area contributed by atoms with Crippen molar-refractivity contribution in [3.63, 3.8) is 0 Å². The van der Waals surface area contributed by atoms with Crippen molar-refractivity contribution in [1.82, 2.24) is 4.90 Å². The van der Waals surface area contributed by atoms with Gasteiger partial charge in [0, 0.05) is 12.6 Å². The SMILES string of the molecule is CCOC(=O)N1c2cc3c(cc2[C@H](N(Cc2cc(C)cc(C)c2)C(=O)OC)C[C@@H]1C)CCC3. The van der Waals surface area contributed by atoms with E-state index in [-0.39, 0.29) is 24.3 Å². The standard InChI is InChI=1S/C27H34N2O4/c1-6-33-27(31)29-19(4)13-24(23-14-21-8-7-9-22(21)15-25(23)29)28(26(30)32-5)16-20-11-17(2)10-18(3)12-20/h10-12,14-15,19,24H,6-9,13,16H2,1-5H3/t19-,24+/m0/s1. The number of hydrogen-bond acceptors (Lipinski definition) is 4. The zero-order valence-electron chi connectivity index (χ0n) is 20.3. The minimum atomic E-state index is -0.359. The van der Waals surface area contributed by atoms with Crippen molar-refractivity contribution in [3.8, 4) is 0 Å². The fraction of sp³-hybridized carbons (Fsp3) is 0.481. The maximum absolute atomic E-state index is 13.1. The van der Waals surface area contributed by atoms with E-state index in [2.05, 4.69) is 44.2 Å². The van der Waals surface area contributed by atoms with Gasteiger partial charge in [-0.3, -0.25) is 9.80 Å². The van der Waals surface area contributed by atoms with E-state index in [1.54, 1.807) is 4.90 Å². The second-order valence-corrected chi connectivity index (χ2v) is 9.30. The first-order valence-electron chi connectivity index (χ1n) is 11.9. The second kappa shape index (κ2) is 9.46. The molecule has 1 aliphatic heterocycles. The van der Waals surface area contributed by atoms with E-state index in [9.17, 15) is 9.59 Å². The molecule has 0 fully saturated rings. The average molecular weight is 451 g/mol. The summed E-state index contributed by atoms with van der Waals surface area (Å²) in [4.78, 5) is 29.5. The van der Waals surface area contributed by atoms with E-state index in [1.165, 1.54) is 29.4 Å². The summed E-state index contributed by atoms with van der Waals surface area (Å²) in [5.74, 6) is 0. The molecular formula is C27H34N2O4. The summed E-state index contributed by atoms with van der Waals surface area (Å²) in [6.07, 6.45) is 3.08. The smallest absolute Gasteiger partial charge is 0.414 e. The molecule has 176 valence electrons. The number of anilines is 1. The minimum Gasteiger partial charge on any atom is -0.453 e. The van der Waals surface area contributed by atoms with E-state index < -0.39 is 0 Å². The molecule has 6 nitrogen and oxygen atoms in total. The van der Waals surface area contributed by atoms with Gasteiger partial charge in [0.05, 0.1) is 25.4 Å². The Morgan fingerprint density at radius 2 is 1.73 bits per heavy atom. The molecule has 6 heteroatoms. The van der Waals surface area contributed by atoms with Gasteiger partial charge in [0.2, 0.25) is 0 Å². The Kier molecular flexibility index (Phi) is 6.63. The van der Waals surface area contributed by atoms with Gasteiger partial charge in [0.25, 0.3) is 0 Å². The van der Waals surface area contributed by atoms with Crippen LogP contribution in [0.2, 0.25) is 0 Å². The largest absolute Gasteiger partial charge is 0.453 e. The van der Waals surface area contributed by atoms with Gasteiger partial charge in [0.1, 0.15) is 0 Å². The molecule has 1 heterocycles. The van der Waals surface area contributed by atoms with Gasteiger partial charge in [-0.1, -0.05) is 35.4 Å². The lowest BCUT2D eigenvalue weighted by molar-refractivity contribution is 0.0941. The van der Waals surface area contributed by atoms with Gasteiger partial charge in [-0.05, 0) is 81.7 Å². The van der Waals surface area contributed by atoms with Gasteiger partial charge in [-0.2, -0.15) is 0 Å². The van der Waals surface area contributed by atoms with Crippen LogP contribution in [0, 0.1) is 13.8 Å². The third-order valence-corrected chi connectivity index (χ3v) is 6.75. The Morgan fingerprint density at radius 3 is 2.36 bits per heavy atom. The zero-order chi connectivity index (χ0) is 23.7. The topological polar surface area (TPSA) is 59.1 Å². The third-order valence-electron chi connectivity index (χ3n) is 6.75. The van der Waals surface area contributed by atoms with Crippen LogP contribution in [-0.2, 0) is 28.9 Å². The van der Waals surface area contributed by atoms with E-state index in [0.29, 0.717) is 19.6 Å². The van der Waals surface area contributed by atoms with Crippen LogP contribution in [0.4, 0.5) is 15.3 Å². The van der Waals surface area contributed by atoms with Crippen LogP contribution in [0.15, 0.2) is 30.3 Å². The van der Waals surface area contributed by atoms with E-state index >= 15 is 0 Å². The van der Waals surface area contributed by atoms with Crippen molar-refractivity contribution in [2.45, 2.75) is 72.0 Å². The van der Waals surface area contributed by atoms with Gasteiger partial charge in [-0.25, -0.2) is 9.59 Å². The highest BCUT2D eigenvalue weighted by Gasteiger charge is 2.40. The number of methoxy groups -OCH3 is 1.